The van der Waals surface area contributed by atoms with E-state index in [0.717, 1.165) is 22.7 Å². The minimum Gasteiger partial charge on any atom is -0.310 e. The Kier molecular flexibility index (Phi) is 7.53. The Morgan fingerprint density at radius 1 is 0.280 bits per heavy atom. The van der Waals surface area contributed by atoms with E-state index in [1.807, 2.05) is 0 Å². The fraction of sp³-hybridized carbons (Fsp3) is 0. The first-order valence-corrected chi connectivity index (χ1v) is 17.1. The van der Waals surface area contributed by atoms with Gasteiger partial charge in [0.25, 0.3) is 0 Å². The second kappa shape index (κ2) is 12.8. The highest BCUT2D eigenvalue weighted by Crippen LogP contribution is 2.41. The van der Waals surface area contributed by atoms with Crippen molar-refractivity contribution in [3.63, 3.8) is 0 Å². The Labute approximate surface area is 292 Å². The minimum atomic E-state index is 1.11. The maximum absolute atomic E-state index is 2.39. The van der Waals surface area contributed by atoms with Crippen molar-refractivity contribution < 1.29 is 0 Å². The summed E-state index contributed by atoms with van der Waals surface area (Å²) in [5, 5.41) is 2.45. The number of anilines is 3. The summed E-state index contributed by atoms with van der Waals surface area (Å²) in [5.74, 6) is 0. The van der Waals surface area contributed by atoms with Crippen molar-refractivity contribution in [3.8, 4) is 39.1 Å². The molecule has 0 aliphatic rings. The molecule has 0 saturated carbocycles. The van der Waals surface area contributed by atoms with Gasteiger partial charge in [-0.25, -0.2) is 0 Å². The van der Waals surface area contributed by atoms with E-state index in [1.165, 1.54) is 55.2 Å². The third kappa shape index (κ3) is 5.43. The molecule has 0 amide bonds. The van der Waals surface area contributed by atoms with Crippen molar-refractivity contribution in [1.29, 1.82) is 0 Å². The van der Waals surface area contributed by atoms with Gasteiger partial charge in [-0.2, -0.15) is 0 Å². The third-order valence-electron chi connectivity index (χ3n) is 9.59. The Bertz CT molecular complexity index is 2550. The van der Waals surface area contributed by atoms with E-state index in [0.29, 0.717) is 0 Å². The van der Waals surface area contributed by atoms with Crippen molar-refractivity contribution in [2.24, 2.45) is 0 Å². The first kappa shape index (κ1) is 29.5. The molecule has 0 unspecified atom stereocenters. The topological polar surface area (TPSA) is 8.17 Å². The van der Waals surface area contributed by atoms with Gasteiger partial charge in [-0.15, -0.1) is 0 Å². The van der Waals surface area contributed by atoms with E-state index < -0.39 is 0 Å². The van der Waals surface area contributed by atoms with Crippen LogP contribution < -0.4 is 4.90 Å². The Hall–Kier alpha value is -6.64. The van der Waals surface area contributed by atoms with E-state index in [9.17, 15) is 0 Å². The highest BCUT2D eigenvalue weighted by atomic mass is 15.1. The number of hydrogen-bond donors (Lipinski definition) is 0. The molecular formula is C48H34N2. The lowest BCUT2D eigenvalue weighted by molar-refractivity contribution is 1.18. The summed E-state index contributed by atoms with van der Waals surface area (Å²) in [6, 6.07) is 74.1. The summed E-state index contributed by atoms with van der Waals surface area (Å²) in [5.41, 5.74) is 14.1. The highest BCUT2D eigenvalue weighted by molar-refractivity contribution is 6.10. The lowest BCUT2D eigenvalue weighted by Crippen LogP contribution is -2.10. The van der Waals surface area contributed by atoms with E-state index in [1.54, 1.807) is 0 Å². The zero-order valence-electron chi connectivity index (χ0n) is 27.5. The van der Waals surface area contributed by atoms with Crippen LogP contribution in [0.4, 0.5) is 17.1 Å². The molecule has 2 heteroatoms. The van der Waals surface area contributed by atoms with E-state index in [-0.39, 0.29) is 0 Å². The van der Waals surface area contributed by atoms with Crippen LogP contribution in [0.3, 0.4) is 0 Å². The van der Waals surface area contributed by atoms with E-state index >= 15 is 0 Å². The lowest BCUT2D eigenvalue weighted by atomic mass is 10.0. The molecule has 0 saturated heterocycles. The fourth-order valence-corrected chi connectivity index (χ4v) is 7.15. The summed E-state index contributed by atoms with van der Waals surface area (Å²) >= 11 is 0. The van der Waals surface area contributed by atoms with Crippen molar-refractivity contribution in [2.75, 3.05) is 4.90 Å². The molecule has 50 heavy (non-hydrogen) atoms. The molecule has 0 N–H and O–H groups in total. The first-order chi connectivity index (χ1) is 24.8. The van der Waals surface area contributed by atoms with E-state index in [2.05, 4.69) is 216 Å². The molecule has 0 atom stereocenters. The zero-order valence-corrected chi connectivity index (χ0v) is 27.5. The molecule has 1 heterocycles. The Balaban J connectivity index is 1.19. The van der Waals surface area contributed by atoms with Gasteiger partial charge in [0.05, 0.1) is 11.0 Å². The number of para-hydroxylation sites is 1. The van der Waals surface area contributed by atoms with E-state index in [4.69, 9.17) is 0 Å². The molecular weight excluding hydrogens is 605 g/mol. The van der Waals surface area contributed by atoms with Crippen LogP contribution in [0.1, 0.15) is 0 Å². The number of hydrogen-bond acceptors (Lipinski definition) is 1. The number of aromatic nitrogens is 1. The van der Waals surface area contributed by atoms with Crippen LogP contribution in [0.5, 0.6) is 0 Å². The van der Waals surface area contributed by atoms with Crippen LogP contribution >= 0.6 is 0 Å². The van der Waals surface area contributed by atoms with Crippen molar-refractivity contribution in [1.82, 2.24) is 4.57 Å². The smallest absolute Gasteiger partial charge is 0.0542 e. The molecule has 1 aromatic heterocycles. The third-order valence-corrected chi connectivity index (χ3v) is 9.59. The summed E-state index contributed by atoms with van der Waals surface area (Å²) < 4.78 is 2.39. The van der Waals surface area contributed by atoms with Crippen LogP contribution in [0.15, 0.2) is 206 Å². The molecule has 0 aliphatic heterocycles. The average molecular weight is 639 g/mol. The predicted molar refractivity (Wildman–Crippen MR) is 212 cm³/mol. The van der Waals surface area contributed by atoms with Crippen LogP contribution in [0.2, 0.25) is 0 Å². The Morgan fingerprint density at radius 2 is 0.740 bits per heavy atom. The van der Waals surface area contributed by atoms with Gasteiger partial charge in [-0.05, 0) is 94.0 Å². The van der Waals surface area contributed by atoms with Gasteiger partial charge in [-0.3, -0.25) is 0 Å². The summed E-state index contributed by atoms with van der Waals surface area (Å²) in [7, 11) is 0. The van der Waals surface area contributed by atoms with Gasteiger partial charge in [-0.1, -0.05) is 146 Å². The molecule has 0 aliphatic carbocycles. The highest BCUT2D eigenvalue weighted by Gasteiger charge is 2.18. The second-order valence-corrected chi connectivity index (χ2v) is 12.6. The Morgan fingerprint density at radius 3 is 1.38 bits per heavy atom. The monoisotopic (exact) mass is 638 g/mol. The quantitative estimate of drug-likeness (QED) is 0.169. The van der Waals surface area contributed by atoms with Crippen molar-refractivity contribution >= 4 is 38.9 Å². The molecule has 0 bridgehead atoms. The van der Waals surface area contributed by atoms with Gasteiger partial charge < -0.3 is 9.47 Å². The normalized spacial score (nSPS) is 11.2. The van der Waals surface area contributed by atoms with Crippen LogP contribution in [0, 0.1) is 0 Å². The molecule has 236 valence electrons. The summed E-state index contributed by atoms with van der Waals surface area (Å²) in [4.78, 5) is 2.38. The average Bonchev–Trinajstić information content (AvgIpc) is 3.53. The van der Waals surface area contributed by atoms with Gasteiger partial charge in [0, 0.05) is 33.5 Å². The molecule has 8 aromatic carbocycles. The predicted octanol–water partition coefficient (Wildman–Crippen LogP) is 13.3. The number of fused-ring (bicyclic) bond motifs is 3. The second-order valence-electron chi connectivity index (χ2n) is 12.6. The van der Waals surface area contributed by atoms with Crippen molar-refractivity contribution in [3.05, 3.63) is 206 Å². The molecule has 9 rings (SSSR count). The lowest BCUT2D eigenvalue weighted by Gasteiger charge is -2.26. The number of nitrogens with zero attached hydrogens (tertiary/aromatic N) is 2. The van der Waals surface area contributed by atoms with Gasteiger partial charge >= 0.3 is 0 Å². The summed E-state index contributed by atoms with van der Waals surface area (Å²) in [6.45, 7) is 0. The van der Waals surface area contributed by atoms with Gasteiger partial charge in [0.1, 0.15) is 0 Å². The molecule has 0 radical (unpaired) electrons. The molecule has 0 spiro atoms. The van der Waals surface area contributed by atoms with Crippen LogP contribution in [-0.4, -0.2) is 4.57 Å². The molecule has 2 nitrogen and oxygen atoms in total. The SMILES string of the molecule is c1ccc(-c2ccc(N(c3cccc(-c4ccccc4)c3)c3ccc4c(c3)c3ccccc3n4-c3ccc(-c4ccccc4)cc3)cc2)cc1. The standard InChI is InChI=1S/C48H34N2/c1-4-13-35(14-5-1)38-23-27-41(28-24-38)49(43-20-12-19-40(33-43)37-17-8-3-9-18-37)44-31-32-48-46(34-44)45-21-10-11-22-47(45)50(48)42-29-25-39(26-30-42)36-15-6-2-7-16-36/h1-34H. The first-order valence-electron chi connectivity index (χ1n) is 17.1. The summed E-state index contributed by atoms with van der Waals surface area (Å²) in [6.07, 6.45) is 0. The maximum atomic E-state index is 2.39. The van der Waals surface area contributed by atoms with Crippen LogP contribution in [0.25, 0.3) is 60.9 Å². The minimum absolute atomic E-state index is 1.11. The molecule has 0 fully saturated rings. The van der Waals surface area contributed by atoms with Crippen LogP contribution in [-0.2, 0) is 0 Å². The van der Waals surface area contributed by atoms with Gasteiger partial charge in [0.2, 0.25) is 0 Å². The maximum Gasteiger partial charge on any atom is 0.0542 e. The largest absolute Gasteiger partial charge is 0.310 e. The zero-order chi connectivity index (χ0) is 33.3. The number of benzene rings is 8. The van der Waals surface area contributed by atoms with Crippen molar-refractivity contribution in [2.45, 2.75) is 0 Å². The fourth-order valence-electron chi connectivity index (χ4n) is 7.15. The van der Waals surface area contributed by atoms with Gasteiger partial charge in [0.15, 0.2) is 0 Å². The molecule has 9 aromatic rings. The number of rotatable bonds is 7.